The van der Waals surface area contributed by atoms with Crippen molar-refractivity contribution in [1.82, 2.24) is 9.78 Å². The van der Waals surface area contributed by atoms with Gasteiger partial charge in [0.1, 0.15) is 5.82 Å². The van der Waals surface area contributed by atoms with Gasteiger partial charge in [-0.05, 0) is 0 Å². The number of alkyl halides is 3. The first-order chi connectivity index (χ1) is 5.84. The lowest BCUT2D eigenvalue weighted by atomic mass is 10.2. The third-order valence-corrected chi connectivity index (χ3v) is 1.62. The van der Waals surface area contributed by atoms with E-state index in [0.717, 1.165) is 10.9 Å². The number of aliphatic hydroxyl groups is 1. The van der Waals surface area contributed by atoms with E-state index in [4.69, 9.17) is 10.8 Å². The van der Waals surface area contributed by atoms with Gasteiger partial charge >= 0.3 is 6.18 Å². The van der Waals surface area contributed by atoms with E-state index in [1.54, 1.807) is 0 Å². The number of aliphatic hydroxyl groups excluding tert-OH is 1. The van der Waals surface area contributed by atoms with Crippen LogP contribution in [-0.2, 0) is 7.05 Å². The number of nitrogen functional groups attached to an aromatic ring is 1. The molecule has 1 heterocycles. The topological polar surface area (TPSA) is 64.1 Å². The van der Waals surface area contributed by atoms with Crippen LogP contribution in [0.5, 0.6) is 0 Å². The van der Waals surface area contributed by atoms with Gasteiger partial charge < -0.3 is 10.8 Å². The van der Waals surface area contributed by atoms with Crippen molar-refractivity contribution >= 4 is 5.82 Å². The Morgan fingerprint density at radius 1 is 1.62 bits per heavy atom. The highest BCUT2D eigenvalue weighted by Gasteiger charge is 2.41. The van der Waals surface area contributed by atoms with Gasteiger partial charge in [0.2, 0.25) is 0 Å². The van der Waals surface area contributed by atoms with E-state index in [0.29, 0.717) is 0 Å². The van der Waals surface area contributed by atoms with Crippen molar-refractivity contribution in [2.45, 2.75) is 12.3 Å². The van der Waals surface area contributed by atoms with E-state index < -0.39 is 17.8 Å². The second-order valence-electron chi connectivity index (χ2n) is 2.55. The van der Waals surface area contributed by atoms with Crippen molar-refractivity contribution in [2.75, 3.05) is 5.73 Å². The molecular weight excluding hydrogens is 187 g/mol. The molecule has 0 saturated carbocycles. The van der Waals surface area contributed by atoms with E-state index in [1.807, 2.05) is 0 Å². The van der Waals surface area contributed by atoms with Crippen molar-refractivity contribution in [3.05, 3.63) is 11.8 Å². The number of anilines is 1. The summed E-state index contributed by atoms with van der Waals surface area (Å²) in [4.78, 5) is 0. The van der Waals surface area contributed by atoms with E-state index >= 15 is 0 Å². The molecule has 0 spiro atoms. The molecule has 1 atom stereocenters. The number of hydrogen-bond donors (Lipinski definition) is 2. The predicted molar refractivity (Wildman–Crippen MR) is 38.6 cm³/mol. The number of nitrogens with zero attached hydrogens (tertiary/aromatic N) is 2. The first-order valence-electron chi connectivity index (χ1n) is 3.36. The van der Waals surface area contributed by atoms with Crippen LogP contribution in [0.15, 0.2) is 6.20 Å². The Labute approximate surface area is 71.8 Å². The third-order valence-electron chi connectivity index (χ3n) is 1.62. The Bertz CT molecular complexity index is 307. The molecule has 1 rings (SSSR count). The average Bonchev–Trinajstić information content (AvgIpc) is 2.30. The molecule has 13 heavy (non-hydrogen) atoms. The van der Waals surface area contributed by atoms with Crippen LogP contribution in [0.25, 0.3) is 0 Å². The van der Waals surface area contributed by atoms with E-state index in [2.05, 4.69) is 5.10 Å². The van der Waals surface area contributed by atoms with Crippen molar-refractivity contribution < 1.29 is 18.3 Å². The maximum atomic E-state index is 12.0. The molecule has 0 aliphatic rings. The van der Waals surface area contributed by atoms with Gasteiger partial charge in [-0.3, -0.25) is 4.68 Å². The second-order valence-corrected chi connectivity index (χ2v) is 2.55. The Morgan fingerprint density at radius 3 is 2.46 bits per heavy atom. The highest BCUT2D eigenvalue weighted by Crippen LogP contribution is 2.34. The molecule has 1 aromatic rings. The van der Waals surface area contributed by atoms with Gasteiger partial charge in [-0.25, -0.2) is 0 Å². The number of hydrogen-bond acceptors (Lipinski definition) is 3. The minimum absolute atomic E-state index is 0.190. The molecule has 74 valence electrons. The van der Waals surface area contributed by atoms with Gasteiger partial charge in [0.25, 0.3) is 0 Å². The summed E-state index contributed by atoms with van der Waals surface area (Å²) in [6.45, 7) is 0. The maximum Gasteiger partial charge on any atom is 0.418 e. The summed E-state index contributed by atoms with van der Waals surface area (Å²) in [6.07, 6.45) is -6.38. The first kappa shape index (κ1) is 9.85. The molecule has 0 saturated heterocycles. The molecular formula is C6H8F3N3O. The third kappa shape index (κ3) is 1.74. The van der Waals surface area contributed by atoms with Crippen molar-refractivity contribution in [1.29, 1.82) is 0 Å². The van der Waals surface area contributed by atoms with Gasteiger partial charge in [-0.15, -0.1) is 0 Å². The van der Waals surface area contributed by atoms with Crippen molar-refractivity contribution in [3.8, 4) is 0 Å². The zero-order valence-corrected chi connectivity index (χ0v) is 6.71. The SMILES string of the molecule is Cn1ncc(C(O)C(F)(F)F)c1N. The summed E-state index contributed by atoms with van der Waals surface area (Å²) in [7, 11) is 1.39. The minimum atomic E-state index is -4.71. The lowest BCUT2D eigenvalue weighted by Crippen LogP contribution is -2.20. The largest absolute Gasteiger partial charge is 0.418 e. The van der Waals surface area contributed by atoms with Crippen LogP contribution < -0.4 is 5.73 Å². The molecule has 0 aliphatic heterocycles. The van der Waals surface area contributed by atoms with Crippen LogP contribution in [0.3, 0.4) is 0 Å². The van der Waals surface area contributed by atoms with Crippen LogP contribution in [0, 0.1) is 0 Å². The Hall–Kier alpha value is -1.24. The molecule has 4 nitrogen and oxygen atoms in total. The van der Waals surface area contributed by atoms with Crippen molar-refractivity contribution in [2.24, 2.45) is 7.05 Å². The van der Waals surface area contributed by atoms with Crippen LogP contribution in [0.1, 0.15) is 11.7 Å². The molecule has 1 unspecified atom stereocenters. The first-order valence-corrected chi connectivity index (χ1v) is 3.36. The van der Waals surface area contributed by atoms with Gasteiger partial charge in [0, 0.05) is 7.05 Å². The summed E-state index contributed by atoms with van der Waals surface area (Å²) in [5.74, 6) is -0.190. The molecule has 0 radical (unpaired) electrons. The molecule has 0 amide bonds. The van der Waals surface area contributed by atoms with Gasteiger partial charge in [0.15, 0.2) is 6.10 Å². The Morgan fingerprint density at radius 2 is 2.15 bits per heavy atom. The number of aryl methyl sites for hydroxylation is 1. The zero-order valence-electron chi connectivity index (χ0n) is 6.71. The lowest BCUT2D eigenvalue weighted by molar-refractivity contribution is -0.206. The van der Waals surface area contributed by atoms with Crippen molar-refractivity contribution in [3.63, 3.8) is 0 Å². The lowest BCUT2D eigenvalue weighted by Gasteiger charge is -2.13. The fourth-order valence-electron chi connectivity index (χ4n) is 0.851. The maximum absolute atomic E-state index is 12.0. The normalized spacial score (nSPS) is 14.5. The summed E-state index contributed by atoms with van der Waals surface area (Å²) < 4.78 is 37.0. The number of halogens is 3. The summed E-state index contributed by atoms with van der Waals surface area (Å²) in [6, 6.07) is 0. The molecule has 1 aromatic heterocycles. The molecule has 0 fully saturated rings. The predicted octanol–water partition coefficient (Wildman–Crippen LogP) is 0.598. The van der Waals surface area contributed by atoms with E-state index in [-0.39, 0.29) is 5.82 Å². The molecule has 0 aliphatic carbocycles. The highest BCUT2D eigenvalue weighted by atomic mass is 19.4. The fourth-order valence-corrected chi connectivity index (χ4v) is 0.851. The van der Waals surface area contributed by atoms with E-state index in [1.165, 1.54) is 7.05 Å². The second kappa shape index (κ2) is 2.91. The van der Waals surface area contributed by atoms with Gasteiger partial charge in [-0.2, -0.15) is 18.3 Å². The van der Waals surface area contributed by atoms with Gasteiger partial charge in [-0.1, -0.05) is 0 Å². The monoisotopic (exact) mass is 195 g/mol. The minimum Gasteiger partial charge on any atom is -0.384 e. The van der Waals surface area contributed by atoms with Crippen LogP contribution >= 0.6 is 0 Å². The molecule has 7 heteroatoms. The Balaban J connectivity index is 3.02. The Kier molecular flexibility index (Phi) is 2.21. The summed E-state index contributed by atoms with van der Waals surface area (Å²) in [5, 5.41) is 12.3. The van der Waals surface area contributed by atoms with Crippen LogP contribution in [-0.4, -0.2) is 21.1 Å². The molecule has 0 aromatic carbocycles. The quantitative estimate of drug-likeness (QED) is 0.689. The van der Waals surface area contributed by atoms with Crippen LogP contribution in [0.4, 0.5) is 19.0 Å². The number of nitrogens with two attached hydrogens (primary N) is 1. The standard InChI is InChI=1S/C6H8F3N3O/c1-12-5(10)3(2-11-12)4(13)6(7,8)9/h2,4,13H,10H2,1H3. The number of rotatable bonds is 1. The van der Waals surface area contributed by atoms with Crippen LogP contribution in [0.2, 0.25) is 0 Å². The zero-order chi connectivity index (χ0) is 10.2. The van der Waals surface area contributed by atoms with Gasteiger partial charge in [0.05, 0.1) is 11.8 Å². The highest BCUT2D eigenvalue weighted by molar-refractivity contribution is 5.40. The molecule has 3 N–H and O–H groups in total. The average molecular weight is 195 g/mol. The smallest absolute Gasteiger partial charge is 0.384 e. The fraction of sp³-hybridized carbons (Fsp3) is 0.500. The summed E-state index contributed by atoms with van der Waals surface area (Å²) >= 11 is 0. The van der Waals surface area contributed by atoms with E-state index in [9.17, 15) is 13.2 Å². The number of aromatic nitrogens is 2. The summed E-state index contributed by atoms with van der Waals surface area (Å²) in [5.41, 5.74) is 4.82. The molecule has 0 bridgehead atoms.